The van der Waals surface area contributed by atoms with Crippen molar-refractivity contribution in [1.82, 2.24) is 4.90 Å². The van der Waals surface area contributed by atoms with Crippen LogP contribution >= 0.6 is 11.6 Å². The molecule has 1 aliphatic heterocycles. The van der Waals surface area contributed by atoms with Crippen LogP contribution in [0.15, 0.2) is 42.5 Å². The number of amides is 1. The lowest BCUT2D eigenvalue weighted by Crippen LogP contribution is -2.25. The molecule has 1 heterocycles. The van der Waals surface area contributed by atoms with E-state index in [1.807, 2.05) is 0 Å². The van der Waals surface area contributed by atoms with E-state index in [0.717, 1.165) is 11.1 Å². The highest BCUT2D eigenvalue weighted by atomic mass is 35.5. The summed E-state index contributed by atoms with van der Waals surface area (Å²) in [6.45, 7) is 0.925. The van der Waals surface area contributed by atoms with Crippen LogP contribution in [0.25, 0.3) is 0 Å². The highest BCUT2D eigenvalue weighted by Crippen LogP contribution is 2.25. The molecular formula is C16H12ClNO3. The molecule has 0 atom stereocenters. The summed E-state index contributed by atoms with van der Waals surface area (Å²) in [6.07, 6.45) is 0. The molecule has 0 fully saturated rings. The van der Waals surface area contributed by atoms with Crippen LogP contribution in [0.4, 0.5) is 0 Å². The number of halogens is 1. The fourth-order valence-electron chi connectivity index (χ4n) is 2.45. The number of carboxylic acid groups (broad SMARTS) is 1. The lowest BCUT2D eigenvalue weighted by atomic mass is 10.1. The van der Waals surface area contributed by atoms with Gasteiger partial charge in [0.25, 0.3) is 5.91 Å². The van der Waals surface area contributed by atoms with Crippen molar-refractivity contribution in [3.05, 3.63) is 69.7 Å². The van der Waals surface area contributed by atoms with Gasteiger partial charge in [0, 0.05) is 23.7 Å². The molecule has 106 valence electrons. The van der Waals surface area contributed by atoms with E-state index in [2.05, 4.69) is 0 Å². The van der Waals surface area contributed by atoms with Gasteiger partial charge < -0.3 is 10.0 Å². The van der Waals surface area contributed by atoms with E-state index in [9.17, 15) is 9.59 Å². The molecule has 3 rings (SSSR count). The minimum atomic E-state index is -0.958. The maximum atomic E-state index is 12.4. The Morgan fingerprint density at radius 3 is 2.24 bits per heavy atom. The van der Waals surface area contributed by atoms with Gasteiger partial charge in [0.1, 0.15) is 0 Å². The van der Waals surface area contributed by atoms with Gasteiger partial charge >= 0.3 is 5.97 Å². The summed E-state index contributed by atoms with van der Waals surface area (Å²) >= 11 is 5.82. The van der Waals surface area contributed by atoms with Gasteiger partial charge in [-0.15, -0.1) is 0 Å². The molecule has 21 heavy (non-hydrogen) atoms. The van der Waals surface area contributed by atoms with Crippen LogP contribution in [0.1, 0.15) is 31.8 Å². The molecule has 0 radical (unpaired) electrons. The monoisotopic (exact) mass is 301 g/mol. The van der Waals surface area contributed by atoms with Crippen LogP contribution in [0.3, 0.4) is 0 Å². The van der Waals surface area contributed by atoms with E-state index in [-0.39, 0.29) is 11.5 Å². The Kier molecular flexibility index (Phi) is 3.39. The summed E-state index contributed by atoms with van der Waals surface area (Å²) in [7, 11) is 0. The second-order valence-electron chi connectivity index (χ2n) is 4.96. The summed E-state index contributed by atoms with van der Waals surface area (Å²) in [4.78, 5) is 25.1. The lowest BCUT2D eigenvalue weighted by molar-refractivity contribution is 0.0696. The number of nitrogens with zero attached hydrogens (tertiary/aromatic N) is 1. The SMILES string of the molecule is O=C(O)c1ccc2c(c1)CN(C(=O)c1ccc(Cl)cc1)C2. The zero-order valence-corrected chi connectivity index (χ0v) is 11.8. The molecule has 0 bridgehead atoms. The maximum absolute atomic E-state index is 12.4. The van der Waals surface area contributed by atoms with E-state index < -0.39 is 5.97 Å². The minimum Gasteiger partial charge on any atom is -0.478 e. The fourth-order valence-corrected chi connectivity index (χ4v) is 2.57. The number of carbonyl (C=O) groups excluding carboxylic acids is 1. The van der Waals surface area contributed by atoms with Crippen LogP contribution in [-0.2, 0) is 13.1 Å². The Morgan fingerprint density at radius 2 is 1.57 bits per heavy atom. The Bertz CT molecular complexity index is 725. The number of benzene rings is 2. The number of hydrogen-bond donors (Lipinski definition) is 1. The van der Waals surface area contributed by atoms with Crippen molar-refractivity contribution in [1.29, 1.82) is 0 Å². The molecule has 2 aromatic rings. The van der Waals surface area contributed by atoms with Gasteiger partial charge in [0.15, 0.2) is 0 Å². The Balaban J connectivity index is 1.82. The third-order valence-electron chi connectivity index (χ3n) is 3.55. The minimum absolute atomic E-state index is 0.0836. The smallest absolute Gasteiger partial charge is 0.335 e. The second-order valence-corrected chi connectivity index (χ2v) is 5.39. The van der Waals surface area contributed by atoms with E-state index >= 15 is 0 Å². The summed E-state index contributed by atoms with van der Waals surface area (Å²) < 4.78 is 0. The van der Waals surface area contributed by atoms with Gasteiger partial charge in [0.2, 0.25) is 0 Å². The molecule has 0 aliphatic carbocycles. The average molecular weight is 302 g/mol. The molecule has 0 saturated heterocycles. The predicted octanol–water partition coefficient (Wildman–Crippen LogP) is 3.19. The quantitative estimate of drug-likeness (QED) is 0.926. The first-order chi connectivity index (χ1) is 10.0. The fraction of sp³-hybridized carbons (Fsp3) is 0.125. The van der Waals surface area contributed by atoms with Crippen LogP contribution in [0.5, 0.6) is 0 Å². The average Bonchev–Trinajstić information content (AvgIpc) is 2.90. The normalized spacial score (nSPS) is 13.1. The first-order valence-corrected chi connectivity index (χ1v) is 6.82. The topological polar surface area (TPSA) is 57.6 Å². The van der Waals surface area contributed by atoms with Crippen molar-refractivity contribution in [2.24, 2.45) is 0 Å². The highest BCUT2D eigenvalue weighted by Gasteiger charge is 2.25. The van der Waals surface area contributed by atoms with Gasteiger partial charge in [0.05, 0.1) is 5.56 Å². The Hall–Kier alpha value is -2.33. The predicted molar refractivity (Wildman–Crippen MR) is 78.4 cm³/mol. The van der Waals surface area contributed by atoms with Crippen LogP contribution in [0.2, 0.25) is 5.02 Å². The summed E-state index contributed by atoms with van der Waals surface area (Å²) in [5.74, 6) is -1.04. The van der Waals surface area contributed by atoms with Gasteiger partial charge in [-0.3, -0.25) is 4.79 Å². The zero-order valence-electron chi connectivity index (χ0n) is 11.0. The highest BCUT2D eigenvalue weighted by molar-refractivity contribution is 6.30. The molecule has 1 amide bonds. The summed E-state index contributed by atoms with van der Waals surface area (Å²) in [5, 5.41) is 9.59. The second kappa shape index (κ2) is 5.22. The first-order valence-electron chi connectivity index (χ1n) is 6.44. The molecule has 0 saturated carbocycles. The third kappa shape index (κ3) is 2.62. The number of carbonyl (C=O) groups is 2. The van der Waals surface area contributed by atoms with Gasteiger partial charge in [-0.05, 0) is 47.5 Å². The Morgan fingerprint density at radius 1 is 0.952 bits per heavy atom. The van der Waals surface area contributed by atoms with Gasteiger partial charge in [-0.2, -0.15) is 0 Å². The van der Waals surface area contributed by atoms with Crippen molar-refractivity contribution in [3.8, 4) is 0 Å². The maximum Gasteiger partial charge on any atom is 0.335 e. The molecule has 0 unspecified atom stereocenters. The number of aromatic carboxylic acids is 1. The lowest BCUT2D eigenvalue weighted by Gasteiger charge is -2.15. The van der Waals surface area contributed by atoms with Gasteiger partial charge in [-0.25, -0.2) is 4.79 Å². The molecule has 2 aromatic carbocycles. The summed E-state index contributed by atoms with van der Waals surface area (Å²) in [5.41, 5.74) is 2.69. The van der Waals surface area contributed by atoms with Gasteiger partial charge in [-0.1, -0.05) is 17.7 Å². The van der Waals surface area contributed by atoms with Crippen molar-refractivity contribution in [2.45, 2.75) is 13.1 Å². The van der Waals surface area contributed by atoms with Crippen LogP contribution < -0.4 is 0 Å². The van der Waals surface area contributed by atoms with Crippen LogP contribution in [0, 0.1) is 0 Å². The third-order valence-corrected chi connectivity index (χ3v) is 3.81. The summed E-state index contributed by atoms with van der Waals surface area (Å²) in [6, 6.07) is 11.7. The zero-order chi connectivity index (χ0) is 15.0. The standard InChI is InChI=1S/C16H12ClNO3/c17-14-5-3-10(4-6-14)15(19)18-8-12-2-1-11(16(20)21)7-13(12)9-18/h1-7H,8-9H2,(H,20,21). The van der Waals surface area contributed by atoms with E-state index in [1.54, 1.807) is 47.4 Å². The molecule has 0 spiro atoms. The van der Waals surface area contributed by atoms with Crippen molar-refractivity contribution >= 4 is 23.5 Å². The Labute approximate surface area is 126 Å². The number of carboxylic acids is 1. The van der Waals surface area contributed by atoms with E-state index in [0.29, 0.717) is 23.7 Å². The number of hydrogen-bond acceptors (Lipinski definition) is 2. The van der Waals surface area contributed by atoms with Crippen molar-refractivity contribution < 1.29 is 14.7 Å². The molecule has 5 heteroatoms. The van der Waals surface area contributed by atoms with E-state index in [4.69, 9.17) is 16.7 Å². The molecular weight excluding hydrogens is 290 g/mol. The largest absolute Gasteiger partial charge is 0.478 e. The van der Waals surface area contributed by atoms with Crippen LogP contribution in [-0.4, -0.2) is 21.9 Å². The molecule has 1 N–H and O–H groups in total. The van der Waals surface area contributed by atoms with Crippen molar-refractivity contribution in [3.63, 3.8) is 0 Å². The first kappa shape index (κ1) is 13.6. The molecule has 0 aromatic heterocycles. The van der Waals surface area contributed by atoms with Crippen molar-refractivity contribution in [2.75, 3.05) is 0 Å². The number of rotatable bonds is 2. The molecule has 4 nitrogen and oxygen atoms in total. The number of fused-ring (bicyclic) bond motifs is 1. The molecule has 1 aliphatic rings. The van der Waals surface area contributed by atoms with E-state index in [1.165, 1.54) is 0 Å².